The highest BCUT2D eigenvalue weighted by Crippen LogP contribution is 2.43. The lowest BCUT2D eigenvalue weighted by molar-refractivity contribution is 0.402. The maximum atomic E-state index is 13.8. The van der Waals surface area contributed by atoms with E-state index in [1.54, 1.807) is 7.11 Å². The first-order chi connectivity index (χ1) is 16.7. The maximum Gasteiger partial charge on any atom is 0.271 e. The lowest BCUT2D eigenvalue weighted by Gasteiger charge is -2.31. The molecule has 0 spiro atoms. The first kappa shape index (κ1) is 21.6. The summed E-state index contributed by atoms with van der Waals surface area (Å²) >= 11 is 3.77. The molecule has 0 bridgehead atoms. The van der Waals surface area contributed by atoms with E-state index in [0.717, 1.165) is 43.8 Å². The summed E-state index contributed by atoms with van der Waals surface area (Å²) in [6.45, 7) is 0. The second-order valence-electron chi connectivity index (χ2n) is 8.38. The zero-order valence-corrected chi connectivity index (χ0v) is 21.5. The highest BCUT2D eigenvalue weighted by Gasteiger charge is 2.33. The SMILES string of the molecule is COc1ccccc1C1C2=C(N=c3sc(=Cc4ccccc4I)c(=O)n31)c1ccccc1CC2. The van der Waals surface area contributed by atoms with Crippen LogP contribution in [0.3, 0.4) is 0 Å². The number of thiazole rings is 1. The molecule has 0 fully saturated rings. The predicted molar refractivity (Wildman–Crippen MR) is 145 cm³/mol. The third-order valence-electron chi connectivity index (χ3n) is 6.50. The summed E-state index contributed by atoms with van der Waals surface area (Å²) in [4.78, 5) is 19.7. The highest BCUT2D eigenvalue weighted by atomic mass is 127. The Bertz CT molecular complexity index is 1650. The van der Waals surface area contributed by atoms with E-state index in [0.29, 0.717) is 4.53 Å². The van der Waals surface area contributed by atoms with Gasteiger partial charge in [0.05, 0.1) is 23.4 Å². The van der Waals surface area contributed by atoms with Crippen LogP contribution in [0.15, 0.2) is 88.2 Å². The van der Waals surface area contributed by atoms with E-state index in [1.807, 2.05) is 47.0 Å². The number of fused-ring (bicyclic) bond motifs is 3. The van der Waals surface area contributed by atoms with Crippen LogP contribution in [0.4, 0.5) is 0 Å². The number of hydrogen-bond donors (Lipinski definition) is 0. The molecule has 168 valence electrons. The van der Waals surface area contributed by atoms with Crippen molar-refractivity contribution in [3.05, 3.63) is 124 Å². The van der Waals surface area contributed by atoms with Gasteiger partial charge in [0.25, 0.3) is 5.56 Å². The van der Waals surface area contributed by atoms with E-state index < -0.39 is 0 Å². The molecule has 0 N–H and O–H groups in total. The lowest BCUT2D eigenvalue weighted by Crippen LogP contribution is -2.39. The second kappa shape index (κ2) is 8.67. The molecule has 1 aromatic heterocycles. The summed E-state index contributed by atoms with van der Waals surface area (Å²) in [5.41, 5.74) is 6.67. The number of nitrogens with zero attached hydrogens (tertiary/aromatic N) is 2. The van der Waals surface area contributed by atoms with Crippen molar-refractivity contribution in [3.8, 4) is 5.75 Å². The second-order valence-corrected chi connectivity index (χ2v) is 10.5. The average molecular weight is 576 g/mol. The number of rotatable bonds is 3. The molecule has 34 heavy (non-hydrogen) atoms. The lowest BCUT2D eigenvalue weighted by atomic mass is 9.83. The quantitative estimate of drug-likeness (QED) is 0.325. The number of aromatic nitrogens is 1. The number of benzene rings is 3. The molecule has 6 heteroatoms. The number of halogens is 1. The van der Waals surface area contributed by atoms with Gasteiger partial charge in [-0.05, 0) is 70.3 Å². The van der Waals surface area contributed by atoms with Crippen molar-refractivity contribution in [2.24, 2.45) is 4.99 Å². The van der Waals surface area contributed by atoms with E-state index in [1.165, 1.54) is 28.0 Å². The standard InChI is InChI=1S/C28H21IN2O2S/c1-33-23-13-7-5-11-20(23)26-21-15-14-17-8-2-4-10-19(17)25(21)30-28-31(26)27(32)24(34-28)16-18-9-3-6-12-22(18)29/h2-13,16,26H,14-15H2,1H3. The molecule has 1 unspecified atom stereocenters. The van der Waals surface area contributed by atoms with Crippen molar-refractivity contribution in [2.45, 2.75) is 18.9 Å². The Hall–Kier alpha value is -2.97. The molecule has 1 atom stereocenters. The van der Waals surface area contributed by atoms with Gasteiger partial charge < -0.3 is 4.74 Å². The van der Waals surface area contributed by atoms with Crippen LogP contribution in [0.2, 0.25) is 0 Å². The van der Waals surface area contributed by atoms with Crippen LogP contribution in [0.5, 0.6) is 5.75 Å². The zero-order valence-electron chi connectivity index (χ0n) is 18.5. The van der Waals surface area contributed by atoms with Crippen LogP contribution >= 0.6 is 33.9 Å². The van der Waals surface area contributed by atoms with E-state index in [-0.39, 0.29) is 11.6 Å². The normalized spacial score (nSPS) is 17.0. The Morgan fingerprint density at radius 1 is 1.03 bits per heavy atom. The van der Waals surface area contributed by atoms with Crippen molar-refractivity contribution in [3.63, 3.8) is 0 Å². The van der Waals surface area contributed by atoms with Gasteiger partial charge in [-0.3, -0.25) is 9.36 Å². The van der Waals surface area contributed by atoms with Gasteiger partial charge in [-0.2, -0.15) is 0 Å². The molecule has 2 heterocycles. The Morgan fingerprint density at radius 3 is 2.65 bits per heavy atom. The number of allylic oxidation sites excluding steroid dienone is 1. The molecule has 0 radical (unpaired) electrons. The minimum absolute atomic E-state index is 0.00952. The highest BCUT2D eigenvalue weighted by molar-refractivity contribution is 14.1. The maximum absolute atomic E-state index is 13.8. The molecule has 1 aliphatic heterocycles. The first-order valence-electron chi connectivity index (χ1n) is 11.2. The molecule has 4 aromatic rings. The molecule has 2 aliphatic rings. The molecule has 6 rings (SSSR count). The van der Waals surface area contributed by atoms with E-state index >= 15 is 0 Å². The molecule has 3 aromatic carbocycles. The number of methoxy groups -OCH3 is 1. The Kier molecular flexibility index (Phi) is 5.50. The summed E-state index contributed by atoms with van der Waals surface area (Å²) in [6.07, 6.45) is 3.78. The fourth-order valence-electron chi connectivity index (χ4n) is 4.92. The van der Waals surface area contributed by atoms with Gasteiger partial charge in [-0.25, -0.2) is 4.99 Å². The van der Waals surface area contributed by atoms with Crippen molar-refractivity contribution < 1.29 is 4.74 Å². The van der Waals surface area contributed by atoms with Crippen LogP contribution in [0, 0.1) is 3.57 Å². The Labute approximate surface area is 214 Å². The summed E-state index contributed by atoms with van der Waals surface area (Å²) < 4.78 is 9.42. The van der Waals surface area contributed by atoms with Gasteiger partial charge >= 0.3 is 0 Å². The van der Waals surface area contributed by atoms with Gasteiger partial charge in [0.2, 0.25) is 0 Å². The largest absolute Gasteiger partial charge is 0.496 e. The summed E-state index contributed by atoms with van der Waals surface area (Å²) in [6, 6.07) is 24.3. The van der Waals surface area contributed by atoms with E-state index in [4.69, 9.17) is 9.73 Å². The Balaban J connectivity index is 1.66. The van der Waals surface area contributed by atoms with Crippen molar-refractivity contribution in [1.82, 2.24) is 4.57 Å². The van der Waals surface area contributed by atoms with Crippen LogP contribution in [0.25, 0.3) is 11.8 Å². The molecule has 0 saturated heterocycles. The summed E-state index contributed by atoms with van der Waals surface area (Å²) in [5.74, 6) is 0.785. The summed E-state index contributed by atoms with van der Waals surface area (Å²) in [5, 5.41) is 0. The van der Waals surface area contributed by atoms with Crippen LogP contribution in [-0.2, 0) is 6.42 Å². The fourth-order valence-corrected chi connectivity index (χ4v) is 6.46. The zero-order chi connectivity index (χ0) is 23.2. The molecule has 1 aliphatic carbocycles. The molecule has 0 amide bonds. The van der Waals surface area contributed by atoms with Crippen LogP contribution in [0.1, 0.15) is 34.7 Å². The molecule has 4 nitrogen and oxygen atoms in total. The number of hydrogen-bond acceptors (Lipinski definition) is 4. The third kappa shape index (κ3) is 3.47. The van der Waals surface area contributed by atoms with Gasteiger partial charge in [0, 0.05) is 14.7 Å². The van der Waals surface area contributed by atoms with Crippen LogP contribution < -0.4 is 19.6 Å². The minimum atomic E-state index is -0.243. The number of aryl methyl sites for hydroxylation is 1. The molecular formula is C28H21IN2O2S. The average Bonchev–Trinajstić information content (AvgIpc) is 3.18. The van der Waals surface area contributed by atoms with Gasteiger partial charge in [0.15, 0.2) is 4.80 Å². The van der Waals surface area contributed by atoms with Gasteiger partial charge in [-0.1, -0.05) is 72.0 Å². The number of ether oxygens (including phenoxy) is 1. The monoisotopic (exact) mass is 576 g/mol. The van der Waals surface area contributed by atoms with Crippen LogP contribution in [-0.4, -0.2) is 11.7 Å². The molecular weight excluding hydrogens is 555 g/mol. The van der Waals surface area contributed by atoms with Crippen molar-refractivity contribution >= 4 is 45.7 Å². The summed E-state index contributed by atoms with van der Waals surface area (Å²) in [7, 11) is 1.69. The van der Waals surface area contributed by atoms with E-state index in [9.17, 15) is 4.79 Å². The van der Waals surface area contributed by atoms with E-state index in [2.05, 4.69) is 59.0 Å². The smallest absolute Gasteiger partial charge is 0.271 e. The fraction of sp³-hybridized carbons (Fsp3) is 0.143. The minimum Gasteiger partial charge on any atom is -0.496 e. The Morgan fingerprint density at radius 2 is 1.79 bits per heavy atom. The van der Waals surface area contributed by atoms with Crippen molar-refractivity contribution in [2.75, 3.05) is 7.11 Å². The predicted octanol–water partition coefficient (Wildman–Crippen LogP) is 4.93. The third-order valence-corrected chi connectivity index (χ3v) is 8.46. The van der Waals surface area contributed by atoms with Crippen molar-refractivity contribution in [1.29, 1.82) is 0 Å². The molecule has 0 saturated carbocycles. The topological polar surface area (TPSA) is 43.6 Å². The first-order valence-corrected chi connectivity index (χ1v) is 13.1. The number of para-hydroxylation sites is 1. The van der Waals surface area contributed by atoms with Gasteiger partial charge in [-0.15, -0.1) is 0 Å². The van der Waals surface area contributed by atoms with Gasteiger partial charge in [0.1, 0.15) is 5.75 Å².